The smallest absolute Gasteiger partial charge is 0.337 e. The van der Waals surface area contributed by atoms with E-state index >= 15 is 0 Å². The highest BCUT2D eigenvalue weighted by atomic mass is 32.2. The Balaban J connectivity index is 1.83. The molecule has 0 fully saturated rings. The van der Waals surface area contributed by atoms with Crippen LogP contribution in [0.15, 0.2) is 45.2 Å². The third-order valence-corrected chi connectivity index (χ3v) is 4.88. The summed E-state index contributed by atoms with van der Waals surface area (Å²) in [6.45, 7) is -0.117. The van der Waals surface area contributed by atoms with Gasteiger partial charge in [-0.05, 0) is 24.3 Å². The van der Waals surface area contributed by atoms with Crippen LogP contribution in [0.1, 0.15) is 0 Å². The predicted molar refractivity (Wildman–Crippen MR) is 99.2 cm³/mol. The topological polar surface area (TPSA) is 152 Å². The lowest BCUT2D eigenvalue weighted by Crippen LogP contribution is -2.31. The summed E-state index contributed by atoms with van der Waals surface area (Å²) in [6.07, 6.45) is 0.961. The molecule has 0 saturated heterocycles. The van der Waals surface area contributed by atoms with Crippen LogP contribution in [0.25, 0.3) is 11.5 Å². The van der Waals surface area contributed by atoms with E-state index in [0.29, 0.717) is 11.3 Å². The van der Waals surface area contributed by atoms with Gasteiger partial charge in [0, 0.05) is 24.1 Å². The third kappa shape index (κ3) is 4.27. The molecule has 0 radical (unpaired) electrons. The van der Waals surface area contributed by atoms with Crippen LogP contribution in [0.5, 0.6) is 0 Å². The SMILES string of the molecule is COC(=O)C1=C(Nc2ccc(-c3nnc(S(C)(=O)=O)o3)cc2)C(=O)N(CCO)C1. The molecule has 1 aliphatic heterocycles. The van der Waals surface area contributed by atoms with Gasteiger partial charge < -0.3 is 24.5 Å². The van der Waals surface area contributed by atoms with E-state index in [-0.39, 0.29) is 36.9 Å². The minimum Gasteiger partial charge on any atom is -0.466 e. The van der Waals surface area contributed by atoms with E-state index in [2.05, 4.69) is 15.5 Å². The summed E-state index contributed by atoms with van der Waals surface area (Å²) in [6, 6.07) is 6.38. The summed E-state index contributed by atoms with van der Waals surface area (Å²) in [5, 5.41) is 18.7. The normalized spacial score (nSPS) is 14.4. The van der Waals surface area contributed by atoms with Gasteiger partial charge in [0.15, 0.2) is 0 Å². The number of sulfone groups is 1. The fourth-order valence-corrected chi connectivity index (χ4v) is 3.09. The Morgan fingerprint density at radius 1 is 1.31 bits per heavy atom. The van der Waals surface area contributed by atoms with Crippen molar-refractivity contribution in [1.82, 2.24) is 15.1 Å². The van der Waals surface area contributed by atoms with E-state index < -0.39 is 26.9 Å². The van der Waals surface area contributed by atoms with Crippen molar-refractivity contribution in [3.63, 3.8) is 0 Å². The van der Waals surface area contributed by atoms with Crippen LogP contribution in [0.3, 0.4) is 0 Å². The first-order chi connectivity index (χ1) is 13.7. The molecule has 0 aliphatic carbocycles. The van der Waals surface area contributed by atoms with Gasteiger partial charge in [0.05, 0.1) is 25.8 Å². The number of nitrogens with one attached hydrogen (secondary N) is 1. The van der Waals surface area contributed by atoms with Gasteiger partial charge >= 0.3 is 11.2 Å². The maximum absolute atomic E-state index is 12.5. The Kier molecular flexibility index (Phi) is 5.66. The lowest BCUT2D eigenvalue weighted by atomic mass is 10.2. The molecule has 1 aliphatic rings. The molecule has 12 heteroatoms. The molecule has 3 rings (SSSR count). The highest BCUT2D eigenvalue weighted by Gasteiger charge is 2.34. The lowest BCUT2D eigenvalue weighted by Gasteiger charge is -2.15. The third-order valence-electron chi connectivity index (χ3n) is 4.08. The Labute approximate surface area is 165 Å². The summed E-state index contributed by atoms with van der Waals surface area (Å²) in [5.41, 5.74) is 1.19. The molecule has 1 aromatic heterocycles. The highest BCUT2D eigenvalue weighted by Crippen LogP contribution is 2.25. The first-order valence-corrected chi connectivity index (χ1v) is 10.3. The molecule has 1 amide bonds. The quantitative estimate of drug-likeness (QED) is 0.574. The van der Waals surface area contributed by atoms with Crippen molar-refractivity contribution in [3.05, 3.63) is 35.5 Å². The highest BCUT2D eigenvalue weighted by molar-refractivity contribution is 7.90. The first-order valence-electron chi connectivity index (χ1n) is 8.37. The van der Waals surface area contributed by atoms with E-state index in [0.717, 1.165) is 6.26 Å². The van der Waals surface area contributed by atoms with Gasteiger partial charge in [0.25, 0.3) is 5.91 Å². The molecule has 2 aromatic rings. The van der Waals surface area contributed by atoms with Crippen molar-refractivity contribution in [2.45, 2.75) is 5.22 Å². The number of β-amino-alcohol motifs (C(OH)–C–C–N with tert-alkyl or cyclic N) is 1. The van der Waals surface area contributed by atoms with Crippen LogP contribution in [-0.2, 0) is 24.2 Å². The van der Waals surface area contributed by atoms with E-state index in [1.807, 2.05) is 0 Å². The van der Waals surface area contributed by atoms with E-state index in [4.69, 9.17) is 14.3 Å². The standard InChI is InChI=1S/C17H18N4O7S/c1-27-16(24)12-9-21(7-8-22)15(23)13(12)18-11-5-3-10(4-6-11)14-19-20-17(28-14)29(2,25)26/h3-6,18,22H,7-9H2,1-2H3. The molecule has 2 heterocycles. The number of rotatable bonds is 7. The zero-order valence-corrected chi connectivity index (χ0v) is 16.4. The predicted octanol–water partition coefficient (Wildman–Crippen LogP) is -0.186. The van der Waals surface area contributed by atoms with Crippen LogP contribution in [0, 0.1) is 0 Å². The van der Waals surface area contributed by atoms with Crippen LogP contribution >= 0.6 is 0 Å². The maximum atomic E-state index is 12.5. The number of methoxy groups -OCH3 is 1. The Bertz CT molecular complexity index is 1070. The number of aliphatic hydroxyl groups is 1. The fraction of sp³-hybridized carbons (Fsp3) is 0.294. The van der Waals surface area contributed by atoms with Crippen LogP contribution in [-0.4, -0.2) is 73.6 Å². The van der Waals surface area contributed by atoms with Gasteiger partial charge in [-0.3, -0.25) is 4.79 Å². The van der Waals surface area contributed by atoms with Gasteiger partial charge in [-0.25, -0.2) is 13.2 Å². The average Bonchev–Trinajstić information content (AvgIpc) is 3.29. The summed E-state index contributed by atoms with van der Waals surface area (Å²) in [4.78, 5) is 25.8. The van der Waals surface area contributed by atoms with E-state index in [9.17, 15) is 18.0 Å². The molecule has 0 unspecified atom stereocenters. The molecule has 154 valence electrons. The summed E-state index contributed by atoms with van der Waals surface area (Å²) < 4.78 is 32.7. The first kappa shape index (κ1) is 20.5. The average molecular weight is 422 g/mol. The number of esters is 1. The second-order valence-electron chi connectivity index (χ2n) is 6.14. The lowest BCUT2D eigenvalue weighted by molar-refractivity contribution is -0.136. The number of hydrogen-bond donors (Lipinski definition) is 2. The second-order valence-corrected chi connectivity index (χ2v) is 8.04. The van der Waals surface area contributed by atoms with Crippen LogP contribution in [0.4, 0.5) is 5.69 Å². The van der Waals surface area contributed by atoms with E-state index in [1.54, 1.807) is 24.3 Å². The summed E-state index contributed by atoms with van der Waals surface area (Å²) in [7, 11) is -2.39. The number of carbonyl (C=O) groups excluding carboxylic acids is 2. The van der Waals surface area contributed by atoms with E-state index in [1.165, 1.54) is 12.0 Å². The number of aromatic nitrogens is 2. The molecule has 0 saturated carbocycles. The summed E-state index contributed by atoms with van der Waals surface area (Å²) >= 11 is 0. The molecule has 29 heavy (non-hydrogen) atoms. The van der Waals surface area contributed by atoms with Crippen molar-refractivity contribution < 1.29 is 32.3 Å². The molecular formula is C17H18N4O7S. The number of aliphatic hydroxyl groups excluding tert-OH is 1. The van der Waals surface area contributed by atoms with Crippen molar-refractivity contribution in [3.8, 4) is 11.5 Å². The summed E-state index contributed by atoms with van der Waals surface area (Å²) in [5.74, 6) is -1.05. The molecule has 11 nitrogen and oxygen atoms in total. The molecule has 0 bridgehead atoms. The van der Waals surface area contributed by atoms with Crippen molar-refractivity contribution in [2.75, 3.05) is 38.4 Å². The monoisotopic (exact) mass is 422 g/mol. The second kappa shape index (κ2) is 8.01. The molecule has 0 atom stereocenters. The number of ether oxygens (including phenoxy) is 1. The number of hydrogen-bond acceptors (Lipinski definition) is 10. The number of benzene rings is 1. The molecular weight excluding hydrogens is 404 g/mol. The van der Waals surface area contributed by atoms with Gasteiger partial charge in [-0.15, -0.1) is 5.10 Å². The zero-order chi connectivity index (χ0) is 21.2. The Morgan fingerprint density at radius 3 is 2.55 bits per heavy atom. The zero-order valence-electron chi connectivity index (χ0n) is 15.6. The van der Waals surface area contributed by atoms with Crippen molar-refractivity contribution in [2.24, 2.45) is 0 Å². The fourth-order valence-electron chi connectivity index (χ4n) is 2.67. The molecule has 2 N–H and O–H groups in total. The number of amides is 1. The van der Waals surface area contributed by atoms with Crippen molar-refractivity contribution >= 4 is 27.4 Å². The largest absolute Gasteiger partial charge is 0.466 e. The van der Waals surface area contributed by atoms with Crippen LogP contribution in [0.2, 0.25) is 0 Å². The number of carbonyl (C=O) groups is 2. The Hall–Kier alpha value is -3.25. The van der Waals surface area contributed by atoms with Gasteiger partial charge in [-0.1, -0.05) is 5.10 Å². The molecule has 0 spiro atoms. The maximum Gasteiger partial charge on any atom is 0.337 e. The minimum atomic E-state index is -3.61. The van der Waals surface area contributed by atoms with Gasteiger partial charge in [-0.2, -0.15) is 0 Å². The Morgan fingerprint density at radius 2 is 2.00 bits per heavy atom. The number of nitrogens with zero attached hydrogens (tertiary/aromatic N) is 3. The minimum absolute atomic E-state index is 0.0255. The van der Waals surface area contributed by atoms with Gasteiger partial charge in [0.1, 0.15) is 5.70 Å². The van der Waals surface area contributed by atoms with Gasteiger partial charge in [0.2, 0.25) is 15.7 Å². The molecule has 1 aromatic carbocycles. The van der Waals surface area contributed by atoms with Crippen molar-refractivity contribution in [1.29, 1.82) is 0 Å². The number of anilines is 1. The van der Waals surface area contributed by atoms with Crippen LogP contribution < -0.4 is 5.32 Å².